The van der Waals surface area contributed by atoms with Crippen LogP contribution in [0.4, 0.5) is 0 Å². The quantitative estimate of drug-likeness (QED) is 0.827. The summed E-state index contributed by atoms with van der Waals surface area (Å²) in [4.78, 5) is 11.5. The summed E-state index contributed by atoms with van der Waals surface area (Å²) < 4.78 is 0. The molecule has 2 N–H and O–H groups in total. The van der Waals surface area contributed by atoms with Crippen LogP contribution in [0.3, 0.4) is 0 Å². The molecule has 3 nitrogen and oxygen atoms in total. The van der Waals surface area contributed by atoms with Crippen molar-refractivity contribution >= 4 is 12.0 Å². The van der Waals surface area contributed by atoms with Gasteiger partial charge in [-0.15, -0.1) is 0 Å². The highest BCUT2D eigenvalue weighted by Gasteiger charge is 2.03. The molecule has 0 aromatic heterocycles. The van der Waals surface area contributed by atoms with Crippen molar-refractivity contribution in [3.63, 3.8) is 0 Å². The van der Waals surface area contributed by atoms with Gasteiger partial charge in [0.1, 0.15) is 0 Å². The molecule has 0 spiro atoms. The number of rotatable bonds is 6. The van der Waals surface area contributed by atoms with Crippen molar-refractivity contribution in [2.75, 3.05) is 6.61 Å². The summed E-state index contributed by atoms with van der Waals surface area (Å²) in [7, 11) is 0. The standard InChI is InChI=1S/C16H23NO2/c1-12(2)15-9-7-14(8-10-15)5-4-6-16(19)17-13(3)11-18/h4-5,7-10,12-13,18H,6,11H2,1-3H3,(H,17,19)/b5-4+. The van der Waals surface area contributed by atoms with Gasteiger partial charge in [-0.2, -0.15) is 0 Å². The number of aliphatic hydroxyl groups excluding tert-OH is 1. The Morgan fingerprint density at radius 1 is 1.26 bits per heavy atom. The highest BCUT2D eigenvalue weighted by molar-refractivity contribution is 5.78. The summed E-state index contributed by atoms with van der Waals surface area (Å²) in [5, 5.41) is 11.5. The second-order valence-corrected chi connectivity index (χ2v) is 5.08. The van der Waals surface area contributed by atoms with E-state index < -0.39 is 0 Å². The second-order valence-electron chi connectivity index (χ2n) is 5.08. The second kappa shape index (κ2) is 7.74. The van der Waals surface area contributed by atoms with Crippen LogP contribution in [0.5, 0.6) is 0 Å². The first-order valence-electron chi connectivity index (χ1n) is 6.69. The van der Waals surface area contributed by atoms with Gasteiger partial charge in [0.15, 0.2) is 0 Å². The van der Waals surface area contributed by atoms with Crippen molar-refractivity contribution in [2.24, 2.45) is 0 Å². The van der Waals surface area contributed by atoms with Crippen molar-refractivity contribution in [1.82, 2.24) is 5.32 Å². The lowest BCUT2D eigenvalue weighted by atomic mass is 10.0. The average molecular weight is 261 g/mol. The monoisotopic (exact) mass is 261 g/mol. The zero-order chi connectivity index (χ0) is 14.3. The lowest BCUT2D eigenvalue weighted by Crippen LogP contribution is -2.34. The molecule has 1 amide bonds. The van der Waals surface area contributed by atoms with Crippen LogP contribution in [0.15, 0.2) is 30.3 Å². The molecule has 0 saturated carbocycles. The first-order chi connectivity index (χ1) is 9.02. The topological polar surface area (TPSA) is 49.3 Å². The predicted molar refractivity (Wildman–Crippen MR) is 78.9 cm³/mol. The van der Waals surface area contributed by atoms with Gasteiger partial charge in [0.05, 0.1) is 6.61 Å². The third kappa shape index (κ3) is 5.71. The molecule has 0 radical (unpaired) electrons. The lowest BCUT2D eigenvalue weighted by Gasteiger charge is -2.08. The van der Waals surface area contributed by atoms with E-state index in [1.807, 2.05) is 12.2 Å². The predicted octanol–water partition coefficient (Wildman–Crippen LogP) is 2.71. The molecule has 1 rings (SSSR count). The van der Waals surface area contributed by atoms with E-state index in [-0.39, 0.29) is 18.6 Å². The number of benzene rings is 1. The van der Waals surface area contributed by atoms with E-state index in [0.29, 0.717) is 12.3 Å². The maximum atomic E-state index is 11.5. The molecule has 104 valence electrons. The maximum absolute atomic E-state index is 11.5. The van der Waals surface area contributed by atoms with Gasteiger partial charge in [-0.1, -0.05) is 50.3 Å². The molecule has 0 saturated heterocycles. The van der Waals surface area contributed by atoms with E-state index in [9.17, 15) is 4.79 Å². The van der Waals surface area contributed by atoms with E-state index in [0.717, 1.165) is 5.56 Å². The Balaban J connectivity index is 2.46. The molecule has 19 heavy (non-hydrogen) atoms. The number of amides is 1. The number of carbonyl (C=O) groups is 1. The van der Waals surface area contributed by atoms with Crippen LogP contribution < -0.4 is 5.32 Å². The van der Waals surface area contributed by atoms with Gasteiger partial charge in [0.25, 0.3) is 0 Å². The fourth-order valence-electron chi connectivity index (χ4n) is 1.67. The van der Waals surface area contributed by atoms with Crippen molar-refractivity contribution in [1.29, 1.82) is 0 Å². The molecular formula is C16H23NO2. The number of nitrogens with one attached hydrogen (secondary N) is 1. The summed E-state index contributed by atoms with van der Waals surface area (Å²) in [5.41, 5.74) is 2.40. The molecule has 0 fully saturated rings. The van der Waals surface area contributed by atoms with Gasteiger partial charge in [-0.3, -0.25) is 4.79 Å². The molecule has 1 unspecified atom stereocenters. The van der Waals surface area contributed by atoms with Crippen LogP contribution in [0.1, 0.15) is 44.2 Å². The number of aliphatic hydroxyl groups is 1. The number of hydrogen-bond acceptors (Lipinski definition) is 2. The minimum Gasteiger partial charge on any atom is -0.394 e. The van der Waals surface area contributed by atoms with Crippen molar-refractivity contribution in [3.8, 4) is 0 Å². The van der Waals surface area contributed by atoms with E-state index >= 15 is 0 Å². The van der Waals surface area contributed by atoms with Gasteiger partial charge in [-0.25, -0.2) is 0 Å². The zero-order valence-electron chi connectivity index (χ0n) is 11.9. The van der Waals surface area contributed by atoms with E-state index in [2.05, 4.69) is 43.4 Å². The SMILES string of the molecule is CC(CO)NC(=O)C/C=C/c1ccc(C(C)C)cc1. The van der Waals surface area contributed by atoms with Gasteiger partial charge in [-0.05, 0) is 24.0 Å². The van der Waals surface area contributed by atoms with Gasteiger partial charge < -0.3 is 10.4 Å². The first kappa shape index (κ1) is 15.4. The van der Waals surface area contributed by atoms with Crippen LogP contribution in [0.25, 0.3) is 6.08 Å². The average Bonchev–Trinajstić information content (AvgIpc) is 2.39. The summed E-state index contributed by atoms with van der Waals surface area (Å²) in [5.74, 6) is 0.459. The Morgan fingerprint density at radius 2 is 1.89 bits per heavy atom. The summed E-state index contributed by atoms with van der Waals surface area (Å²) in [6.07, 6.45) is 4.10. The Bertz CT molecular complexity index is 421. The zero-order valence-corrected chi connectivity index (χ0v) is 11.9. The summed E-state index contributed by atoms with van der Waals surface area (Å²) >= 11 is 0. The highest BCUT2D eigenvalue weighted by Crippen LogP contribution is 2.15. The number of hydrogen-bond donors (Lipinski definition) is 2. The van der Waals surface area contributed by atoms with Gasteiger partial charge in [0.2, 0.25) is 5.91 Å². The van der Waals surface area contributed by atoms with Crippen molar-refractivity contribution in [3.05, 3.63) is 41.5 Å². The minimum atomic E-state index is -0.189. The van der Waals surface area contributed by atoms with Gasteiger partial charge in [0, 0.05) is 12.5 Å². The smallest absolute Gasteiger partial charge is 0.224 e. The van der Waals surface area contributed by atoms with E-state index in [4.69, 9.17) is 5.11 Å². The fraction of sp³-hybridized carbons (Fsp3) is 0.438. The minimum absolute atomic E-state index is 0.0356. The third-order valence-electron chi connectivity index (χ3n) is 2.90. The van der Waals surface area contributed by atoms with Crippen LogP contribution in [0, 0.1) is 0 Å². The fourth-order valence-corrected chi connectivity index (χ4v) is 1.67. The van der Waals surface area contributed by atoms with Crippen LogP contribution >= 0.6 is 0 Å². The van der Waals surface area contributed by atoms with Gasteiger partial charge >= 0.3 is 0 Å². The first-order valence-corrected chi connectivity index (χ1v) is 6.69. The van der Waals surface area contributed by atoms with Crippen molar-refractivity contribution < 1.29 is 9.90 Å². The molecule has 0 aliphatic rings. The molecule has 1 aromatic rings. The summed E-state index contributed by atoms with van der Waals surface area (Å²) in [6, 6.07) is 8.14. The molecule has 0 heterocycles. The summed E-state index contributed by atoms with van der Waals surface area (Å²) in [6.45, 7) is 6.06. The van der Waals surface area contributed by atoms with Crippen LogP contribution in [-0.4, -0.2) is 23.7 Å². The Labute approximate surface area is 115 Å². The van der Waals surface area contributed by atoms with Crippen LogP contribution in [0.2, 0.25) is 0 Å². The molecule has 0 aliphatic heterocycles. The maximum Gasteiger partial charge on any atom is 0.224 e. The van der Waals surface area contributed by atoms with E-state index in [1.54, 1.807) is 6.92 Å². The van der Waals surface area contributed by atoms with Crippen LogP contribution in [-0.2, 0) is 4.79 Å². The Morgan fingerprint density at radius 3 is 2.42 bits per heavy atom. The molecule has 0 aliphatic carbocycles. The molecular weight excluding hydrogens is 238 g/mol. The lowest BCUT2D eigenvalue weighted by molar-refractivity contribution is -0.121. The number of carbonyl (C=O) groups excluding carboxylic acids is 1. The van der Waals surface area contributed by atoms with Crippen molar-refractivity contribution in [2.45, 2.75) is 39.2 Å². The molecule has 1 aromatic carbocycles. The Hall–Kier alpha value is -1.61. The largest absolute Gasteiger partial charge is 0.394 e. The Kier molecular flexibility index (Phi) is 6.30. The highest BCUT2D eigenvalue weighted by atomic mass is 16.3. The normalized spacial score (nSPS) is 12.9. The molecule has 1 atom stereocenters. The molecule has 0 bridgehead atoms. The van der Waals surface area contributed by atoms with E-state index in [1.165, 1.54) is 5.56 Å². The molecule has 3 heteroatoms. The third-order valence-corrected chi connectivity index (χ3v) is 2.90.